The Morgan fingerprint density at radius 1 is 1.30 bits per heavy atom. The molecule has 0 unspecified atom stereocenters. The number of ketones is 1. The van der Waals surface area contributed by atoms with Crippen LogP contribution in [0.25, 0.3) is 10.8 Å². The molecule has 1 spiro atoms. The van der Waals surface area contributed by atoms with Gasteiger partial charge in [-0.25, -0.2) is 0 Å². The zero-order valence-electron chi connectivity index (χ0n) is 11.2. The molecule has 2 aromatic carbocycles. The zero-order valence-corrected chi connectivity index (χ0v) is 11.2. The Balaban J connectivity index is 1.89. The molecule has 20 heavy (non-hydrogen) atoms. The van der Waals surface area contributed by atoms with E-state index in [9.17, 15) is 9.59 Å². The van der Waals surface area contributed by atoms with E-state index in [1.807, 2.05) is 36.4 Å². The molecule has 100 valence electrons. The minimum absolute atomic E-state index is 0.0855. The van der Waals surface area contributed by atoms with Gasteiger partial charge >= 0.3 is 5.97 Å². The van der Waals surface area contributed by atoms with Crippen LogP contribution >= 0.6 is 0 Å². The maximum absolute atomic E-state index is 12.8. The summed E-state index contributed by atoms with van der Waals surface area (Å²) in [5.74, 6) is -0.471. The maximum atomic E-state index is 12.8. The molecule has 2 aliphatic rings. The number of benzene rings is 2. The van der Waals surface area contributed by atoms with Gasteiger partial charge in [-0.2, -0.15) is 0 Å². The quantitative estimate of drug-likeness (QED) is 0.785. The van der Waals surface area contributed by atoms with Gasteiger partial charge in [-0.05, 0) is 29.7 Å². The van der Waals surface area contributed by atoms with Gasteiger partial charge in [0.2, 0.25) is 0 Å². The second-order valence-electron chi connectivity index (χ2n) is 5.52. The molecule has 2 aliphatic carbocycles. The van der Waals surface area contributed by atoms with E-state index < -0.39 is 5.41 Å². The summed E-state index contributed by atoms with van der Waals surface area (Å²) in [4.78, 5) is 24.8. The van der Waals surface area contributed by atoms with E-state index in [-0.39, 0.29) is 17.7 Å². The van der Waals surface area contributed by atoms with E-state index in [1.165, 1.54) is 0 Å². The van der Waals surface area contributed by atoms with Crippen molar-refractivity contribution in [3.63, 3.8) is 0 Å². The Bertz CT molecular complexity index is 757. The molecule has 3 nitrogen and oxygen atoms in total. The summed E-state index contributed by atoms with van der Waals surface area (Å²) in [5.41, 5.74) is 1.12. The number of ether oxygens (including phenoxy) is 1. The zero-order chi connectivity index (χ0) is 13.9. The highest BCUT2D eigenvalue weighted by Crippen LogP contribution is 2.62. The van der Waals surface area contributed by atoms with Crippen LogP contribution in [0.5, 0.6) is 0 Å². The number of hydrogen-bond acceptors (Lipinski definition) is 3. The molecule has 0 bridgehead atoms. The van der Waals surface area contributed by atoms with Crippen LogP contribution in [-0.4, -0.2) is 18.4 Å². The molecular weight excluding hydrogens is 252 g/mol. The molecule has 0 amide bonds. The molecule has 0 saturated heterocycles. The van der Waals surface area contributed by atoms with Crippen LogP contribution < -0.4 is 0 Å². The first-order valence-electron chi connectivity index (χ1n) is 6.94. The fraction of sp³-hybridized carbons (Fsp3) is 0.294. The highest BCUT2D eigenvalue weighted by atomic mass is 16.5. The van der Waals surface area contributed by atoms with Crippen molar-refractivity contribution in [1.82, 2.24) is 0 Å². The van der Waals surface area contributed by atoms with Crippen molar-refractivity contribution in [2.24, 2.45) is 5.92 Å². The monoisotopic (exact) mass is 266 g/mol. The molecule has 2 atom stereocenters. The number of Topliss-reactive ketones (excluding diaryl/α,β-unsaturated/α-hetero) is 1. The Morgan fingerprint density at radius 3 is 2.80 bits per heavy atom. The third-order valence-electron chi connectivity index (χ3n) is 4.57. The summed E-state index contributed by atoms with van der Waals surface area (Å²) < 4.78 is 5.10. The summed E-state index contributed by atoms with van der Waals surface area (Å²) in [6.45, 7) is 2.15. The van der Waals surface area contributed by atoms with Gasteiger partial charge < -0.3 is 4.74 Å². The van der Waals surface area contributed by atoms with Crippen LogP contribution in [0.3, 0.4) is 0 Å². The van der Waals surface area contributed by atoms with Crippen LogP contribution in [0.1, 0.15) is 29.3 Å². The minimum Gasteiger partial charge on any atom is -0.466 e. The normalized spacial score (nSPS) is 26.2. The molecule has 1 saturated carbocycles. The SMILES string of the molecule is CCOC(=O)[C@@H]1C[C@]12C(=O)c1cccc3cccc2c13. The molecule has 1 fully saturated rings. The molecule has 2 aromatic rings. The van der Waals surface area contributed by atoms with Crippen LogP contribution in [0, 0.1) is 5.92 Å². The number of carbonyl (C=O) groups excluding carboxylic acids is 2. The van der Waals surface area contributed by atoms with E-state index in [0.29, 0.717) is 13.0 Å². The molecule has 4 rings (SSSR count). The molecule has 0 aromatic heterocycles. The van der Waals surface area contributed by atoms with Gasteiger partial charge in [-0.1, -0.05) is 36.4 Å². The summed E-state index contributed by atoms with van der Waals surface area (Å²) in [6, 6.07) is 11.7. The first-order chi connectivity index (χ1) is 9.70. The summed E-state index contributed by atoms with van der Waals surface area (Å²) in [7, 11) is 0. The number of esters is 1. The lowest BCUT2D eigenvalue weighted by atomic mass is 9.93. The fourth-order valence-electron chi connectivity index (χ4n) is 3.60. The van der Waals surface area contributed by atoms with Gasteiger partial charge in [0.25, 0.3) is 0 Å². The summed E-state index contributed by atoms with van der Waals surface area (Å²) in [5, 5.41) is 2.09. The van der Waals surface area contributed by atoms with Crippen molar-refractivity contribution in [3.05, 3.63) is 47.5 Å². The first-order valence-corrected chi connectivity index (χ1v) is 6.94. The number of carbonyl (C=O) groups is 2. The van der Waals surface area contributed by atoms with E-state index in [4.69, 9.17) is 4.74 Å². The summed E-state index contributed by atoms with van der Waals surface area (Å²) in [6.07, 6.45) is 0.582. The van der Waals surface area contributed by atoms with Crippen molar-refractivity contribution in [2.75, 3.05) is 6.61 Å². The smallest absolute Gasteiger partial charge is 0.310 e. The largest absolute Gasteiger partial charge is 0.466 e. The van der Waals surface area contributed by atoms with Crippen molar-refractivity contribution in [1.29, 1.82) is 0 Å². The van der Waals surface area contributed by atoms with Gasteiger partial charge in [0, 0.05) is 5.56 Å². The Kier molecular flexibility index (Phi) is 2.15. The summed E-state index contributed by atoms with van der Waals surface area (Å²) >= 11 is 0. The Morgan fingerprint density at radius 2 is 2.05 bits per heavy atom. The fourth-order valence-corrected chi connectivity index (χ4v) is 3.60. The lowest BCUT2D eigenvalue weighted by Gasteiger charge is -2.09. The predicted molar refractivity (Wildman–Crippen MR) is 74.7 cm³/mol. The van der Waals surface area contributed by atoms with Gasteiger partial charge in [0.05, 0.1) is 17.9 Å². The predicted octanol–water partition coefficient (Wildman–Crippen LogP) is 2.86. The van der Waals surface area contributed by atoms with Crippen LogP contribution in [0.15, 0.2) is 36.4 Å². The van der Waals surface area contributed by atoms with Crippen molar-refractivity contribution >= 4 is 22.5 Å². The topological polar surface area (TPSA) is 43.4 Å². The van der Waals surface area contributed by atoms with E-state index in [2.05, 4.69) is 0 Å². The van der Waals surface area contributed by atoms with Gasteiger partial charge in [0.15, 0.2) is 5.78 Å². The second kappa shape index (κ2) is 3.69. The lowest BCUT2D eigenvalue weighted by Crippen LogP contribution is -2.22. The third-order valence-corrected chi connectivity index (χ3v) is 4.57. The molecule has 3 heteroatoms. The molecule has 0 aliphatic heterocycles. The standard InChI is InChI=1S/C17H14O3/c1-2-20-16(19)13-9-17(13)12-8-4-6-10-5-3-7-11(14(10)12)15(17)18/h3-8,13H,2,9H2,1H3/t13-,17+/m0/s1. The van der Waals surface area contributed by atoms with E-state index >= 15 is 0 Å². The van der Waals surface area contributed by atoms with E-state index in [0.717, 1.165) is 21.9 Å². The van der Waals surface area contributed by atoms with Crippen LogP contribution in [0.2, 0.25) is 0 Å². The average Bonchev–Trinajstić information content (AvgIpc) is 3.17. The molecular formula is C17H14O3. The van der Waals surface area contributed by atoms with E-state index in [1.54, 1.807) is 6.92 Å². The van der Waals surface area contributed by atoms with Gasteiger partial charge in [-0.15, -0.1) is 0 Å². The maximum Gasteiger partial charge on any atom is 0.310 e. The molecule has 0 N–H and O–H groups in total. The number of hydrogen-bond donors (Lipinski definition) is 0. The average molecular weight is 266 g/mol. The van der Waals surface area contributed by atoms with Crippen LogP contribution in [-0.2, 0) is 14.9 Å². The van der Waals surface area contributed by atoms with Crippen molar-refractivity contribution in [2.45, 2.75) is 18.8 Å². The Hall–Kier alpha value is -2.16. The number of fused-ring (bicyclic) bond motifs is 1. The van der Waals surface area contributed by atoms with Crippen molar-refractivity contribution < 1.29 is 14.3 Å². The number of rotatable bonds is 2. The molecule has 0 heterocycles. The van der Waals surface area contributed by atoms with Gasteiger partial charge in [-0.3, -0.25) is 9.59 Å². The third kappa shape index (κ3) is 1.20. The lowest BCUT2D eigenvalue weighted by molar-refractivity contribution is -0.145. The van der Waals surface area contributed by atoms with Gasteiger partial charge in [0.1, 0.15) is 0 Å². The first kappa shape index (κ1) is 11.6. The van der Waals surface area contributed by atoms with Crippen molar-refractivity contribution in [3.8, 4) is 0 Å². The highest BCUT2D eigenvalue weighted by molar-refractivity contribution is 6.23. The Labute approximate surface area is 116 Å². The van der Waals surface area contributed by atoms with Crippen LogP contribution in [0.4, 0.5) is 0 Å². The molecule has 0 radical (unpaired) electrons. The second-order valence-corrected chi connectivity index (χ2v) is 5.52. The highest BCUT2D eigenvalue weighted by Gasteiger charge is 2.68. The minimum atomic E-state index is -0.643.